The first-order valence-electron chi connectivity index (χ1n) is 11.1. The maximum atomic E-state index is 12.4. The highest BCUT2D eigenvalue weighted by Crippen LogP contribution is 2.36. The number of unbranched alkanes of at least 4 members (excludes halogenated alkanes) is 1. The molecule has 1 fully saturated rings. The zero-order chi connectivity index (χ0) is 20.1. The Bertz CT molecular complexity index is 801. The SMILES string of the molecule is CCCCC(=O)Nc1cc2nc(C3CCCCC3)n(C)c2cc1N(CC)CC. The fraction of sp³-hybridized carbons (Fsp3) is 0.652. The quantitative estimate of drug-likeness (QED) is 0.645. The van der Waals surface area contributed by atoms with Crippen LogP contribution < -0.4 is 10.2 Å². The number of nitrogens with zero attached hydrogens (tertiary/aromatic N) is 3. The summed E-state index contributed by atoms with van der Waals surface area (Å²) in [4.78, 5) is 19.7. The van der Waals surface area contributed by atoms with Crippen LogP contribution in [0, 0.1) is 0 Å². The minimum atomic E-state index is 0.0954. The third-order valence-corrected chi connectivity index (χ3v) is 6.14. The summed E-state index contributed by atoms with van der Waals surface area (Å²) in [6.07, 6.45) is 8.95. The molecule has 0 unspecified atom stereocenters. The van der Waals surface area contributed by atoms with Crippen molar-refractivity contribution in [2.45, 2.75) is 78.1 Å². The van der Waals surface area contributed by atoms with Crippen molar-refractivity contribution in [3.05, 3.63) is 18.0 Å². The summed E-state index contributed by atoms with van der Waals surface area (Å²) in [6.45, 7) is 8.25. The van der Waals surface area contributed by atoms with E-state index in [1.54, 1.807) is 0 Å². The third kappa shape index (κ3) is 4.34. The molecular weight excluding hydrogens is 348 g/mol. The normalized spacial score (nSPS) is 15.1. The van der Waals surface area contributed by atoms with E-state index in [1.807, 2.05) is 0 Å². The van der Waals surface area contributed by atoms with Gasteiger partial charge in [-0.05, 0) is 45.2 Å². The lowest BCUT2D eigenvalue weighted by Crippen LogP contribution is -2.24. The van der Waals surface area contributed by atoms with Crippen molar-refractivity contribution in [2.75, 3.05) is 23.3 Å². The highest BCUT2D eigenvalue weighted by atomic mass is 16.1. The second kappa shape index (κ2) is 9.44. The first-order chi connectivity index (χ1) is 13.6. The van der Waals surface area contributed by atoms with E-state index in [1.165, 1.54) is 37.9 Å². The Morgan fingerprint density at radius 3 is 2.54 bits per heavy atom. The van der Waals surface area contributed by atoms with Gasteiger partial charge in [-0.1, -0.05) is 32.6 Å². The number of aromatic nitrogens is 2. The maximum Gasteiger partial charge on any atom is 0.224 e. The van der Waals surface area contributed by atoms with Crippen LogP contribution >= 0.6 is 0 Å². The third-order valence-electron chi connectivity index (χ3n) is 6.14. The number of anilines is 2. The van der Waals surface area contributed by atoms with Crippen LogP contribution in [0.15, 0.2) is 12.1 Å². The van der Waals surface area contributed by atoms with Gasteiger partial charge in [-0.15, -0.1) is 0 Å². The van der Waals surface area contributed by atoms with Crippen LogP contribution in [0.5, 0.6) is 0 Å². The Kier molecular flexibility index (Phi) is 6.97. The van der Waals surface area contributed by atoms with Crippen molar-refractivity contribution >= 4 is 28.3 Å². The number of hydrogen-bond donors (Lipinski definition) is 1. The first-order valence-corrected chi connectivity index (χ1v) is 11.1. The summed E-state index contributed by atoms with van der Waals surface area (Å²) < 4.78 is 2.28. The molecule has 3 rings (SSSR count). The van der Waals surface area contributed by atoms with Gasteiger partial charge in [0.05, 0.1) is 22.4 Å². The molecule has 1 saturated carbocycles. The van der Waals surface area contributed by atoms with Crippen molar-refractivity contribution in [3.8, 4) is 0 Å². The molecule has 0 radical (unpaired) electrons. The Hall–Kier alpha value is -2.04. The zero-order valence-corrected chi connectivity index (χ0v) is 18.1. The molecular formula is C23H36N4O. The van der Waals surface area contributed by atoms with Crippen molar-refractivity contribution in [1.29, 1.82) is 0 Å². The molecule has 2 aromatic rings. The molecule has 0 saturated heterocycles. The Morgan fingerprint density at radius 1 is 1.18 bits per heavy atom. The van der Waals surface area contributed by atoms with Gasteiger partial charge in [0, 0.05) is 32.5 Å². The molecule has 1 aromatic heterocycles. The van der Waals surface area contributed by atoms with E-state index in [2.05, 4.69) is 54.7 Å². The molecule has 1 aromatic carbocycles. The van der Waals surface area contributed by atoms with E-state index < -0.39 is 0 Å². The number of carbonyl (C=O) groups excluding carboxylic acids is 1. The fourth-order valence-electron chi connectivity index (χ4n) is 4.45. The van der Waals surface area contributed by atoms with Gasteiger partial charge >= 0.3 is 0 Å². The summed E-state index contributed by atoms with van der Waals surface area (Å²) in [5, 5.41) is 3.17. The van der Waals surface area contributed by atoms with Crippen LogP contribution in [0.2, 0.25) is 0 Å². The lowest BCUT2D eigenvalue weighted by Gasteiger charge is -2.24. The van der Waals surface area contributed by atoms with Crippen LogP contribution in [-0.2, 0) is 11.8 Å². The molecule has 0 aliphatic heterocycles. The van der Waals surface area contributed by atoms with Gasteiger partial charge in [-0.25, -0.2) is 4.98 Å². The minimum absolute atomic E-state index is 0.0954. The number of rotatable bonds is 8. The van der Waals surface area contributed by atoms with Gasteiger partial charge in [0.15, 0.2) is 0 Å². The summed E-state index contributed by atoms with van der Waals surface area (Å²) in [5.74, 6) is 1.86. The van der Waals surface area contributed by atoms with Crippen LogP contribution in [0.1, 0.15) is 83.9 Å². The zero-order valence-electron chi connectivity index (χ0n) is 18.1. The number of imidazole rings is 1. The highest BCUT2D eigenvalue weighted by Gasteiger charge is 2.23. The van der Waals surface area contributed by atoms with Crippen LogP contribution in [0.25, 0.3) is 11.0 Å². The molecule has 154 valence electrons. The maximum absolute atomic E-state index is 12.4. The van der Waals surface area contributed by atoms with E-state index in [0.717, 1.165) is 48.3 Å². The van der Waals surface area contributed by atoms with Gasteiger partial charge < -0.3 is 14.8 Å². The Balaban J connectivity index is 2.01. The van der Waals surface area contributed by atoms with E-state index >= 15 is 0 Å². The lowest BCUT2D eigenvalue weighted by atomic mass is 9.89. The first kappa shape index (κ1) is 20.7. The summed E-state index contributed by atoms with van der Waals surface area (Å²) in [5.41, 5.74) is 4.14. The van der Waals surface area contributed by atoms with Crippen LogP contribution in [-0.4, -0.2) is 28.5 Å². The number of carbonyl (C=O) groups is 1. The standard InChI is InChI=1S/C23H36N4O/c1-5-8-14-22(28)24-19-15-18-20(16-21(19)27(6-2)7-3)26(4)23(25-18)17-12-10-9-11-13-17/h15-17H,5-14H2,1-4H3,(H,24,28). The molecule has 0 bridgehead atoms. The van der Waals surface area contributed by atoms with Crippen molar-refractivity contribution in [2.24, 2.45) is 7.05 Å². The van der Waals surface area contributed by atoms with Gasteiger partial charge in [-0.3, -0.25) is 4.79 Å². The van der Waals surface area contributed by atoms with Gasteiger partial charge in [-0.2, -0.15) is 0 Å². The number of nitrogens with one attached hydrogen (secondary N) is 1. The van der Waals surface area contributed by atoms with E-state index in [4.69, 9.17) is 4.98 Å². The van der Waals surface area contributed by atoms with Gasteiger partial charge in [0.2, 0.25) is 5.91 Å². The number of amides is 1. The predicted octanol–water partition coefficient (Wildman–Crippen LogP) is 5.60. The topological polar surface area (TPSA) is 50.2 Å². The van der Waals surface area contributed by atoms with E-state index in [-0.39, 0.29) is 5.91 Å². The number of hydrogen-bond acceptors (Lipinski definition) is 3. The monoisotopic (exact) mass is 384 g/mol. The molecule has 1 aliphatic rings. The number of benzene rings is 1. The van der Waals surface area contributed by atoms with E-state index in [9.17, 15) is 4.79 Å². The summed E-state index contributed by atoms with van der Waals surface area (Å²) in [6, 6.07) is 4.30. The summed E-state index contributed by atoms with van der Waals surface area (Å²) >= 11 is 0. The second-order valence-electron chi connectivity index (χ2n) is 8.05. The average molecular weight is 385 g/mol. The van der Waals surface area contributed by atoms with Crippen molar-refractivity contribution < 1.29 is 4.79 Å². The molecule has 5 nitrogen and oxygen atoms in total. The smallest absolute Gasteiger partial charge is 0.224 e. The minimum Gasteiger partial charge on any atom is -0.370 e. The molecule has 1 N–H and O–H groups in total. The number of fused-ring (bicyclic) bond motifs is 1. The van der Waals surface area contributed by atoms with Gasteiger partial charge in [0.25, 0.3) is 0 Å². The molecule has 5 heteroatoms. The van der Waals surface area contributed by atoms with Gasteiger partial charge in [0.1, 0.15) is 5.82 Å². The van der Waals surface area contributed by atoms with Crippen LogP contribution in [0.4, 0.5) is 11.4 Å². The van der Waals surface area contributed by atoms with Crippen molar-refractivity contribution in [3.63, 3.8) is 0 Å². The molecule has 1 aliphatic carbocycles. The highest BCUT2D eigenvalue weighted by molar-refractivity contribution is 5.98. The van der Waals surface area contributed by atoms with E-state index in [0.29, 0.717) is 12.3 Å². The second-order valence-corrected chi connectivity index (χ2v) is 8.05. The molecule has 1 heterocycles. The molecule has 0 atom stereocenters. The Morgan fingerprint density at radius 2 is 1.89 bits per heavy atom. The number of aryl methyl sites for hydroxylation is 1. The lowest BCUT2D eigenvalue weighted by molar-refractivity contribution is -0.116. The largest absolute Gasteiger partial charge is 0.370 e. The van der Waals surface area contributed by atoms with Crippen LogP contribution in [0.3, 0.4) is 0 Å². The molecule has 1 amide bonds. The fourth-order valence-corrected chi connectivity index (χ4v) is 4.45. The van der Waals surface area contributed by atoms with Crippen molar-refractivity contribution in [1.82, 2.24) is 9.55 Å². The average Bonchev–Trinajstić information content (AvgIpc) is 3.04. The summed E-state index contributed by atoms with van der Waals surface area (Å²) in [7, 11) is 2.14. The molecule has 0 spiro atoms. The Labute approximate surface area is 169 Å². The predicted molar refractivity (Wildman–Crippen MR) is 118 cm³/mol. The molecule has 28 heavy (non-hydrogen) atoms.